The summed E-state index contributed by atoms with van der Waals surface area (Å²) in [6, 6.07) is 21.2. The fourth-order valence-electron chi connectivity index (χ4n) is 4.34. The normalized spacial score (nSPS) is 19.1. The minimum absolute atomic E-state index is 0.0796. The summed E-state index contributed by atoms with van der Waals surface area (Å²) in [7, 11) is 0. The van der Waals surface area contributed by atoms with E-state index in [4.69, 9.17) is 0 Å². The Morgan fingerprint density at radius 3 is 2.62 bits per heavy atom. The van der Waals surface area contributed by atoms with Gasteiger partial charge in [0.25, 0.3) is 0 Å². The summed E-state index contributed by atoms with van der Waals surface area (Å²) in [5.74, 6) is 0.293. The summed E-state index contributed by atoms with van der Waals surface area (Å²) in [5.41, 5.74) is 5.65. The molecular formula is C23H18INO. The maximum atomic E-state index is 13.0. The molecule has 1 aliphatic heterocycles. The second-order valence-corrected chi connectivity index (χ2v) is 8.15. The van der Waals surface area contributed by atoms with Crippen LogP contribution in [0.2, 0.25) is 0 Å². The fourth-order valence-corrected chi connectivity index (χ4v) is 5.03. The van der Waals surface area contributed by atoms with Crippen LogP contribution in [-0.4, -0.2) is 5.78 Å². The average Bonchev–Trinajstić information content (AvgIpc) is 2.67. The van der Waals surface area contributed by atoms with E-state index in [0.717, 1.165) is 29.7 Å². The van der Waals surface area contributed by atoms with Gasteiger partial charge in [-0.1, -0.05) is 48.5 Å². The predicted molar refractivity (Wildman–Crippen MR) is 115 cm³/mol. The molecule has 1 N–H and O–H groups in total. The Bertz CT molecular complexity index is 1080. The lowest BCUT2D eigenvalue weighted by Crippen LogP contribution is -2.26. The maximum Gasteiger partial charge on any atom is 0.163 e. The largest absolute Gasteiger partial charge is 0.374 e. The number of hydrogen-bond donors (Lipinski definition) is 1. The Labute approximate surface area is 166 Å². The number of ketones is 1. The minimum Gasteiger partial charge on any atom is -0.374 e. The number of nitrogens with one attached hydrogen (secondary N) is 1. The number of carbonyl (C=O) groups is 1. The molecule has 5 rings (SSSR count). The van der Waals surface area contributed by atoms with Crippen LogP contribution in [0.25, 0.3) is 16.3 Å². The number of halogens is 1. The van der Waals surface area contributed by atoms with E-state index >= 15 is 0 Å². The lowest BCUT2D eigenvalue weighted by molar-refractivity contribution is -0.114. The first-order chi connectivity index (χ1) is 12.7. The summed E-state index contributed by atoms with van der Waals surface area (Å²) in [6.45, 7) is 0. The molecule has 0 unspecified atom stereocenters. The van der Waals surface area contributed by atoms with Gasteiger partial charge >= 0.3 is 0 Å². The Balaban J connectivity index is 1.81. The summed E-state index contributed by atoms with van der Waals surface area (Å²) in [4.78, 5) is 13.0. The molecular weight excluding hydrogens is 433 g/mol. The minimum atomic E-state index is 0.0796. The maximum absolute atomic E-state index is 13.0. The number of fused-ring (bicyclic) bond motifs is 4. The van der Waals surface area contributed by atoms with Gasteiger partial charge in [-0.05, 0) is 69.5 Å². The molecule has 2 nitrogen and oxygen atoms in total. The highest BCUT2D eigenvalue weighted by Gasteiger charge is 2.34. The number of anilines is 1. The third-order valence-electron chi connectivity index (χ3n) is 5.49. The van der Waals surface area contributed by atoms with Crippen molar-refractivity contribution in [3.8, 4) is 0 Å². The smallest absolute Gasteiger partial charge is 0.163 e. The van der Waals surface area contributed by atoms with E-state index in [1.54, 1.807) is 0 Å². The number of hydrogen-bond acceptors (Lipinski definition) is 2. The van der Waals surface area contributed by atoms with Gasteiger partial charge < -0.3 is 5.32 Å². The third-order valence-corrected chi connectivity index (χ3v) is 6.48. The zero-order chi connectivity index (χ0) is 17.7. The molecule has 128 valence electrons. The van der Waals surface area contributed by atoms with Crippen LogP contribution in [0, 0.1) is 3.57 Å². The van der Waals surface area contributed by atoms with E-state index in [1.165, 1.54) is 25.5 Å². The van der Waals surface area contributed by atoms with E-state index < -0.39 is 0 Å². The summed E-state index contributed by atoms with van der Waals surface area (Å²) in [6.07, 6.45) is 2.58. The van der Waals surface area contributed by atoms with Gasteiger partial charge in [0, 0.05) is 26.8 Å². The number of Topliss-reactive ketones (excluding diaryl/α,β-unsaturated/α-hetero) is 1. The van der Waals surface area contributed by atoms with Crippen LogP contribution in [0.4, 0.5) is 5.69 Å². The van der Waals surface area contributed by atoms with Gasteiger partial charge in [0.1, 0.15) is 0 Å². The molecule has 3 heteroatoms. The first kappa shape index (κ1) is 16.1. The molecule has 0 saturated carbocycles. The summed E-state index contributed by atoms with van der Waals surface area (Å²) >= 11 is 2.40. The average molecular weight is 451 g/mol. The lowest BCUT2D eigenvalue weighted by atomic mass is 9.77. The first-order valence-corrected chi connectivity index (χ1v) is 10.1. The van der Waals surface area contributed by atoms with Crippen LogP contribution in [0.3, 0.4) is 0 Å². The van der Waals surface area contributed by atoms with Crippen molar-refractivity contribution in [2.24, 2.45) is 0 Å². The highest BCUT2D eigenvalue weighted by molar-refractivity contribution is 14.1. The van der Waals surface area contributed by atoms with Crippen LogP contribution in [0.1, 0.15) is 36.4 Å². The van der Waals surface area contributed by atoms with Crippen LogP contribution >= 0.6 is 22.6 Å². The van der Waals surface area contributed by atoms with Crippen LogP contribution in [0.5, 0.6) is 0 Å². The number of rotatable bonds is 1. The Morgan fingerprint density at radius 1 is 0.923 bits per heavy atom. The van der Waals surface area contributed by atoms with Crippen molar-refractivity contribution >= 4 is 50.4 Å². The Hall–Kier alpha value is -2.14. The molecule has 0 amide bonds. The summed E-state index contributed by atoms with van der Waals surface area (Å²) < 4.78 is 1.23. The molecule has 3 aromatic rings. The SMILES string of the molecule is O=C1CCCC2=C1c1c(ccc3ccccc13)N[C@H]2c1ccccc1I. The van der Waals surface area contributed by atoms with Gasteiger partial charge in [-0.2, -0.15) is 0 Å². The standard InChI is InChI=1S/C23H18INO/c24-18-10-4-3-8-16(18)23-17-9-5-11-20(26)22(17)21-15-7-2-1-6-14(15)12-13-19(21)25-23/h1-4,6-8,10,12-13,23,25H,5,9,11H2/t23-/m0/s1. The van der Waals surface area contributed by atoms with Gasteiger partial charge in [0.2, 0.25) is 0 Å². The molecule has 3 aromatic carbocycles. The zero-order valence-corrected chi connectivity index (χ0v) is 16.4. The Morgan fingerprint density at radius 2 is 1.73 bits per heavy atom. The second kappa shape index (κ2) is 6.23. The molecule has 0 saturated heterocycles. The van der Waals surface area contributed by atoms with Gasteiger partial charge in [-0.25, -0.2) is 0 Å². The van der Waals surface area contributed by atoms with Crippen molar-refractivity contribution < 1.29 is 4.79 Å². The highest BCUT2D eigenvalue weighted by atomic mass is 127. The molecule has 0 bridgehead atoms. The van der Waals surface area contributed by atoms with Crippen LogP contribution < -0.4 is 5.32 Å². The number of allylic oxidation sites excluding steroid dienone is 1. The Kier molecular flexibility index (Phi) is 3.85. The van der Waals surface area contributed by atoms with Crippen molar-refractivity contribution in [2.75, 3.05) is 5.32 Å². The molecule has 26 heavy (non-hydrogen) atoms. The molecule has 1 atom stereocenters. The van der Waals surface area contributed by atoms with Crippen LogP contribution in [-0.2, 0) is 4.79 Å². The van der Waals surface area contributed by atoms with E-state index in [1.807, 2.05) is 0 Å². The molecule has 0 aromatic heterocycles. The van der Waals surface area contributed by atoms with Gasteiger partial charge in [-0.3, -0.25) is 4.79 Å². The zero-order valence-electron chi connectivity index (χ0n) is 14.3. The molecule has 0 radical (unpaired) electrons. The second-order valence-electron chi connectivity index (χ2n) is 6.99. The van der Waals surface area contributed by atoms with Crippen molar-refractivity contribution in [2.45, 2.75) is 25.3 Å². The van der Waals surface area contributed by atoms with Gasteiger partial charge in [0.05, 0.1) is 6.04 Å². The fraction of sp³-hybridized carbons (Fsp3) is 0.174. The van der Waals surface area contributed by atoms with E-state index in [0.29, 0.717) is 12.2 Å². The number of carbonyl (C=O) groups excluding carboxylic acids is 1. The van der Waals surface area contributed by atoms with Gasteiger partial charge in [0.15, 0.2) is 5.78 Å². The third kappa shape index (κ3) is 2.41. The van der Waals surface area contributed by atoms with E-state index in [-0.39, 0.29) is 6.04 Å². The number of benzene rings is 3. The molecule has 0 fully saturated rings. The van der Waals surface area contributed by atoms with E-state index in [9.17, 15) is 4.79 Å². The lowest BCUT2D eigenvalue weighted by Gasteiger charge is -2.35. The van der Waals surface area contributed by atoms with Crippen molar-refractivity contribution in [3.05, 3.63) is 80.9 Å². The molecule has 0 spiro atoms. The first-order valence-electron chi connectivity index (χ1n) is 9.03. The van der Waals surface area contributed by atoms with Crippen molar-refractivity contribution in [1.29, 1.82) is 0 Å². The molecule has 1 aliphatic carbocycles. The van der Waals surface area contributed by atoms with E-state index in [2.05, 4.69) is 88.6 Å². The summed E-state index contributed by atoms with van der Waals surface area (Å²) in [5, 5.41) is 6.11. The van der Waals surface area contributed by atoms with Crippen molar-refractivity contribution in [1.82, 2.24) is 0 Å². The topological polar surface area (TPSA) is 29.1 Å². The monoisotopic (exact) mass is 451 g/mol. The van der Waals surface area contributed by atoms with Crippen molar-refractivity contribution in [3.63, 3.8) is 0 Å². The van der Waals surface area contributed by atoms with Crippen LogP contribution in [0.15, 0.2) is 66.2 Å². The quantitative estimate of drug-likeness (QED) is 0.452. The highest BCUT2D eigenvalue weighted by Crippen LogP contribution is 2.48. The molecule has 2 aliphatic rings. The van der Waals surface area contributed by atoms with Gasteiger partial charge in [-0.15, -0.1) is 0 Å². The molecule has 1 heterocycles. The predicted octanol–water partition coefficient (Wildman–Crippen LogP) is 6.12.